The van der Waals surface area contributed by atoms with E-state index in [2.05, 4.69) is 26.6 Å². The SMILES string of the molecule is CCCCNC(=O)C(CC(=O)CC(C)C(=O)NCCNCCN)CC(=O)NCCNCCN. The minimum atomic E-state index is -0.762. The van der Waals surface area contributed by atoms with Crippen molar-refractivity contribution in [1.82, 2.24) is 26.6 Å². The summed E-state index contributed by atoms with van der Waals surface area (Å²) >= 11 is 0. The van der Waals surface area contributed by atoms with Gasteiger partial charge >= 0.3 is 0 Å². The van der Waals surface area contributed by atoms with E-state index in [1.165, 1.54) is 0 Å². The van der Waals surface area contributed by atoms with Crippen molar-refractivity contribution in [1.29, 1.82) is 0 Å². The van der Waals surface area contributed by atoms with E-state index in [0.29, 0.717) is 58.9 Å². The molecule has 192 valence electrons. The first kappa shape index (κ1) is 30.9. The molecule has 0 bridgehead atoms. The number of carbonyl (C=O) groups is 4. The molecular formula is C22H45N7O4. The molecule has 2 atom stereocenters. The number of carbonyl (C=O) groups excluding carboxylic acids is 4. The first-order valence-corrected chi connectivity index (χ1v) is 12.0. The number of unbranched alkanes of at least 4 members (excludes halogenated alkanes) is 1. The Hall–Kier alpha value is -2.08. The van der Waals surface area contributed by atoms with Gasteiger partial charge in [-0.05, 0) is 6.42 Å². The smallest absolute Gasteiger partial charge is 0.224 e. The zero-order chi connectivity index (χ0) is 24.9. The van der Waals surface area contributed by atoms with E-state index in [0.717, 1.165) is 12.8 Å². The van der Waals surface area contributed by atoms with Crippen LogP contribution in [0.25, 0.3) is 0 Å². The van der Waals surface area contributed by atoms with Crippen LogP contribution >= 0.6 is 0 Å². The van der Waals surface area contributed by atoms with Crippen molar-refractivity contribution in [3.63, 3.8) is 0 Å². The fraction of sp³-hybridized carbons (Fsp3) is 0.818. The molecule has 0 aliphatic heterocycles. The number of nitrogens with one attached hydrogen (secondary N) is 5. The van der Waals surface area contributed by atoms with Gasteiger partial charge in [-0.15, -0.1) is 0 Å². The molecule has 0 fully saturated rings. The van der Waals surface area contributed by atoms with Gasteiger partial charge < -0.3 is 38.1 Å². The number of ketones is 1. The lowest BCUT2D eigenvalue weighted by Gasteiger charge is -2.17. The Morgan fingerprint density at radius 3 is 1.85 bits per heavy atom. The molecule has 11 nitrogen and oxygen atoms in total. The molecule has 0 heterocycles. The highest BCUT2D eigenvalue weighted by Crippen LogP contribution is 2.14. The predicted molar refractivity (Wildman–Crippen MR) is 129 cm³/mol. The zero-order valence-corrected chi connectivity index (χ0v) is 20.3. The van der Waals surface area contributed by atoms with Crippen LogP contribution in [0.4, 0.5) is 0 Å². The third-order valence-electron chi connectivity index (χ3n) is 4.95. The highest BCUT2D eigenvalue weighted by atomic mass is 16.2. The summed E-state index contributed by atoms with van der Waals surface area (Å²) in [5, 5.41) is 14.5. The molecule has 0 saturated heterocycles. The van der Waals surface area contributed by atoms with Crippen LogP contribution in [0.1, 0.15) is 46.0 Å². The van der Waals surface area contributed by atoms with E-state index < -0.39 is 11.8 Å². The van der Waals surface area contributed by atoms with Crippen LogP contribution in [-0.2, 0) is 19.2 Å². The zero-order valence-electron chi connectivity index (χ0n) is 20.3. The second-order valence-corrected chi connectivity index (χ2v) is 8.11. The molecule has 9 N–H and O–H groups in total. The van der Waals surface area contributed by atoms with E-state index >= 15 is 0 Å². The van der Waals surface area contributed by atoms with Crippen molar-refractivity contribution < 1.29 is 19.2 Å². The number of amides is 3. The van der Waals surface area contributed by atoms with Crippen LogP contribution in [-0.4, -0.2) is 82.4 Å². The van der Waals surface area contributed by atoms with Crippen LogP contribution in [0, 0.1) is 11.8 Å². The number of hydrogen-bond donors (Lipinski definition) is 7. The second kappa shape index (κ2) is 20.5. The van der Waals surface area contributed by atoms with Gasteiger partial charge in [0.2, 0.25) is 17.7 Å². The molecule has 3 amide bonds. The third kappa shape index (κ3) is 17.1. The first-order valence-electron chi connectivity index (χ1n) is 12.0. The van der Waals surface area contributed by atoms with Crippen molar-refractivity contribution in [3.8, 4) is 0 Å². The fourth-order valence-electron chi connectivity index (χ4n) is 3.07. The van der Waals surface area contributed by atoms with Crippen molar-refractivity contribution in [2.75, 3.05) is 58.9 Å². The standard InChI is InChI=1S/C22H45N7O4/c1-3-4-7-28-22(33)18(16-20(31)27-12-10-25-8-5-23)15-19(30)14-17(2)21(32)29-13-11-26-9-6-24/h17-18,25-26H,3-16,23-24H2,1-2H3,(H,27,31)(H,28,33)(H,29,32). The Morgan fingerprint density at radius 2 is 1.27 bits per heavy atom. The normalized spacial score (nSPS) is 12.6. The van der Waals surface area contributed by atoms with E-state index in [1.54, 1.807) is 6.92 Å². The van der Waals surface area contributed by atoms with Gasteiger partial charge in [0.25, 0.3) is 0 Å². The second-order valence-electron chi connectivity index (χ2n) is 8.11. The Kier molecular flexibility index (Phi) is 19.2. The van der Waals surface area contributed by atoms with Crippen molar-refractivity contribution in [2.24, 2.45) is 23.3 Å². The molecule has 11 heteroatoms. The molecule has 0 aliphatic rings. The van der Waals surface area contributed by atoms with Gasteiger partial charge in [-0.25, -0.2) is 0 Å². The third-order valence-corrected chi connectivity index (χ3v) is 4.95. The molecule has 0 spiro atoms. The molecular weight excluding hydrogens is 426 g/mol. The van der Waals surface area contributed by atoms with Crippen LogP contribution in [0.3, 0.4) is 0 Å². The average molecular weight is 472 g/mol. The Labute approximate surface area is 197 Å². The summed E-state index contributed by atoms with van der Waals surface area (Å²) in [7, 11) is 0. The van der Waals surface area contributed by atoms with Crippen molar-refractivity contribution in [3.05, 3.63) is 0 Å². The monoisotopic (exact) mass is 471 g/mol. The topological polar surface area (TPSA) is 180 Å². The average Bonchev–Trinajstić information content (AvgIpc) is 2.78. The van der Waals surface area contributed by atoms with Gasteiger partial charge in [-0.3, -0.25) is 19.2 Å². The number of rotatable bonds is 21. The molecule has 0 aromatic carbocycles. The highest BCUT2D eigenvalue weighted by molar-refractivity contribution is 5.92. The molecule has 0 saturated carbocycles. The summed E-state index contributed by atoms with van der Waals surface area (Å²) in [5.74, 6) is -2.31. The molecule has 2 unspecified atom stereocenters. The lowest BCUT2D eigenvalue weighted by Crippen LogP contribution is -2.39. The lowest BCUT2D eigenvalue weighted by molar-refractivity contribution is -0.134. The van der Waals surface area contributed by atoms with Gasteiger partial charge in [0.05, 0.1) is 5.92 Å². The summed E-state index contributed by atoms with van der Waals surface area (Å²) in [6, 6.07) is 0. The Bertz CT molecular complexity index is 575. The van der Waals surface area contributed by atoms with Crippen LogP contribution in [0.2, 0.25) is 0 Å². The van der Waals surface area contributed by atoms with Crippen molar-refractivity contribution >= 4 is 23.5 Å². The number of nitrogens with two attached hydrogens (primary N) is 2. The van der Waals surface area contributed by atoms with Crippen LogP contribution < -0.4 is 38.1 Å². The predicted octanol–water partition coefficient (Wildman–Crippen LogP) is -1.78. The van der Waals surface area contributed by atoms with Crippen molar-refractivity contribution in [2.45, 2.75) is 46.0 Å². The summed E-state index contributed by atoms with van der Waals surface area (Å²) in [6.07, 6.45) is 1.61. The number of hydrogen-bond acceptors (Lipinski definition) is 8. The summed E-state index contributed by atoms with van der Waals surface area (Å²) in [5.41, 5.74) is 10.8. The summed E-state index contributed by atoms with van der Waals surface area (Å²) < 4.78 is 0. The largest absolute Gasteiger partial charge is 0.356 e. The maximum atomic E-state index is 12.6. The molecule has 0 aromatic heterocycles. The lowest BCUT2D eigenvalue weighted by atomic mass is 9.92. The molecule has 0 rings (SSSR count). The van der Waals surface area contributed by atoms with Crippen LogP contribution in [0.15, 0.2) is 0 Å². The van der Waals surface area contributed by atoms with Gasteiger partial charge in [-0.1, -0.05) is 20.3 Å². The Balaban J connectivity index is 4.65. The van der Waals surface area contributed by atoms with Gasteiger partial charge in [-0.2, -0.15) is 0 Å². The molecule has 0 aromatic rings. The van der Waals surface area contributed by atoms with Gasteiger partial charge in [0, 0.05) is 84.1 Å². The molecule has 0 radical (unpaired) electrons. The Morgan fingerprint density at radius 1 is 0.697 bits per heavy atom. The van der Waals surface area contributed by atoms with E-state index in [4.69, 9.17) is 11.5 Å². The minimum Gasteiger partial charge on any atom is -0.356 e. The quantitative estimate of drug-likeness (QED) is 0.0960. The van der Waals surface area contributed by atoms with E-state index in [-0.39, 0.29) is 42.8 Å². The maximum absolute atomic E-state index is 12.6. The summed E-state index contributed by atoms with van der Waals surface area (Å²) in [6.45, 7) is 8.58. The number of Topliss-reactive ketones (excluding diaryl/α,β-unsaturated/α-hetero) is 1. The minimum absolute atomic E-state index is 0.0193. The van der Waals surface area contributed by atoms with Gasteiger partial charge in [0.1, 0.15) is 5.78 Å². The maximum Gasteiger partial charge on any atom is 0.224 e. The molecule has 0 aliphatic carbocycles. The molecule has 33 heavy (non-hydrogen) atoms. The van der Waals surface area contributed by atoms with E-state index in [1.807, 2.05) is 6.92 Å². The first-order chi connectivity index (χ1) is 15.8. The summed E-state index contributed by atoms with van der Waals surface area (Å²) in [4.78, 5) is 49.7. The van der Waals surface area contributed by atoms with Crippen LogP contribution in [0.5, 0.6) is 0 Å². The fourth-order valence-corrected chi connectivity index (χ4v) is 3.07. The highest BCUT2D eigenvalue weighted by Gasteiger charge is 2.26. The van der Waals surface area contributed by atoms with Gasteiger partial charge in [0.15, 0.2) is 0 Å². The van der Waals surface area contributed by atoms with E-state index in [9.17, 15) is 19.2 Å².